The molecule has 0 spiro atoms. The van der Waals surface area contributed by atoms with Crippen LogP contribution in [0.2, 0.25) is 0 Å². The zero-order chi connectivity index (χ0) is 11.5. The Morgan fingerprint density at radius 2 is 1.81 bits per heavy atom. The maximum absolute atomic E-state index is 11.2. The lowest BCUT2D eigenvalue weighted by Crippen LogP contribution is -1.87. The molecule has 0 saturated heterocycles. The third-order valence-corrected chi connectivity index (χ3v) is 3.17. The van der Waals surface area contributed by atoms with E-state index in [-0.39, 0.29) is 5.75 Å². The SMILES string of the molecule is CS(=O)c1ccc(-c2ccc(O)cn2)cc1. The van der Waals surface area contributed by atoms with Gasteiger partial charge in [0, 0.05) is 27.5 Å². The molecule has 3 nitrogen and oxygen atoms in total. The molecule has 0 amide bonds. The van der Waals surface area contributed by atoms with Crippen molar-refractivity contribution in [2.24, 2.45) is 0 Å². The van der Waals surface area contributed by atoms with Crippen molar-refractivity contribution >= 4 is 10.8 Å². The number of hydrogen-bond acceptors (Lipinski definition) is 3. The number of pyridine rings is 1. The van der Waals surface area contributed by atoms with E-state index in [2.05, 4.69) is 4.98 Å². The molecule has 1 heterocycles. The van der Waals surface area contributed by atoms with Crippen LogP contribution in [0, 0.1) is 0 Å². The standard InChI is InChI=1S/C12H11NO2S/c1-16(15)11-5-2-9(3-6-11)12-7-4-10(14)8-13-12/h2-8,14H,1H3. The third-order valence-electron chi connectivity index (χ3n) is 2.23. The van der Waals surface area contributed by atoms with Gasteiger partial charge in [-0.2, -0.15) is 0 Å². The Bertz CT molecular complexity index is 506. The molecule has 0 saturated carbocycles. The summed E-state index contributed by atoms with van der Waals surface area (Å²) in [7, 11) is -0.958. The topological polar surface area (TPSA) is 50.2 Å². The lowest BCUT2D eigenvalue weighted by atomic mass is 10.1. The molecule has 82 valence electrons. The second-order valence-electron chi connectivity index (χ2n) is 3.38. The van der Waals surface area contributed by atoms with Crippen LogP contribution in [-0.4, -0.2) is 20.6 Å². The highest BCUT2D eigenvalue weighted by atomic mass is 32.2. The number of aromatic nitrogens is 1. The van der Waals surface area contributed by atoms with Gasteiger partial charge in [-0.3, -0.25) is 9.19 Å². The van der Waals surface area contributed by atoms with E-state index in [9.17, 15) is 4.21 Å². The first-order chi connectivity index (χ1) is 7.66. The zero-order valence-corrected chi connectivity index (χ0v) is 9.57. The summed E-state index contributed by atoms with van der Waals surface area (Å²) >= 11 is 0. The van der Waals surface area contributed by atoms with E-state index in [1.54, 1.807) is 18.4 Å². The summed E-state index contributed by atoms with van der Waals surface area (Å²) in [5, 5.41) is 9.12. The smallest absolute Gasteiger partial charge is 0.133 e. The average molecular weight is 233 g/mol. The van der Waals surface area contributed by atoms with Crippen LogP contribution in [0.5, 0.6) is 5.75 Å². The van der Waals surface area contributed by atoms with E-state index < -0.39 is 10.8 Å². The van der Waals surface area contributed by atoms with Crippen LogP contribution >= 0.6 is 0 Å². The van der Waals surface area contributed by atoms with Gasteiger partial charge in [0.15, 0.2) is 0 Å². The summed E-state index contributed by atoms with van der Waals surface area (Å²) in [5.74, 6) is 0.148. The van der Waals surface area contributed by atoms with Gasteiger partial charge >= 0.3 is 0 Å². The molecule has 16 heavy (non-hydrogen) atoms. The quantitative estimate of drug-likeness (QED) is 0.865. The maximum Gasteiger partial charge on any atom is 0.133 e. The molecule has 1 N–H and O–H groups in total. The minimum Gasteiger partial charge on any atom is -0.506 e. The van der Waals surface area contributed by atoms with Crippen molar-refractivity contribution in [2.75, 3.05) is 6.26 Å². The molecular formula is C12H11NO2S. The summed E-state index contributed by atoms with van der Waals surface area (Å²) in [5.41, 5.74) is 1.72. The molecular weight excluding hydrogens is 222 g/mol. The van der Waals surface area contributed by atoms with Crippen LogP contribution in [0.25, 0.3) is 11.3 Å². The molecule has 0 aliphatic heterocycles. The van der Waals surface area contributed by atoms with Crippen molar-refractivity contribution in [3.63, 3.8) is 0 Å². The lowest BCUT2D eigenvalue weighted by molar-refractivity contribution is 0.473. The fraction of sp³-hybridized carbons (Fsp3) is 0.0833. The molecule has 0 aliphatic rings. The molecule has 2 rings (SSSR count). The molecule has 0 fully saturated rings. The molecule has 1 aromatic heterocycles. The molecule has 0 bridgehead atoms. The van der Waals surface area contributed by atoms with E-state index >= 15 is 0 Å². The number of nitrogens with zero attached hydrogens (tertiary/aromatic N) is 1. The first kappa shape index (κ1) is 10.8. The van der Waals surface area contributed by atoms with Crippen molar-refractivity contribution in [1.29, 1.82) is 0 Å². The Labute approximate surface area is 96.2 Å². The third kappa shape index (κ3) is 2.28. The fourth-order valence-electron chi connectivity index (χ4n) is 1.37. The van der Waals surface area contributed by atoms with Gasteiger partial charge in [0.05, 0.1) is 11.9 Å². The predicted molar refractivity (Wildman–Crippen MR) is 63.7 cm³/mol. The van der Waals surface area contributed by atoms with Crippen LogP contribution in [0.15, 0.2) is 47.5 Å². The van der Waals surface area contributed by atoms with Gasteiger partial charge in [-0.25, -0.2) is 0 Å². The maximum atomic E-state index is 11.2. The normalized spacial score (nSPS) is 12.3. The molecule has 1 atom stereocenters. The van der Waals surface area contributed by atoms with E-state index in [4.69, 9.17) is 5.11 Å². The fourth-order valence-corrected chi connectivity index (χ4v) is 1.89. The molecule has 0 radical (unpaired) electrons. The van der Waals surface area contributed by atoms with Crippen LogP contribution < -0.4 is 0 Å². The van der Waals surface area contributed by atoms with Gasteiger partial charge in [0.2, 0.25) is 0 Å². The van der Waals surface area contributed by atoms with Crippen molar-refractivity contribution in [3.8, 4) is 17.0 Å². The van der Waals surface area contributed by atoms with Crippen LogP contribution in [0.1, 0.15) is 0 Å². The number of hydrogen-bond donors (Lipinski definition) is 1. The first-order valence-electron chi connectivity index (χ1n) is 4.76. The van der Waals surface area contributed by atoms with Gasteiger partial charge in [0.25, 0.3) is 0 Å². The summed E-state index contributed by atoms with van der Waals surface area (Å²) < 4.78 is 11.2. The summed E-state index contributed by atoms with van der Waals surface area (Å²) in [6, 6.07) is 10.7. The second-order valence-corrected chi connectivity index (χ2v) is 4.76. The molecule has 1 unspecified atom stereocenters. The van der Waals surface area contributed by atoms with E-state index in [1.165, 1.54) is 6.20 Å². The van der Waals surface area contributed by atoms with Crippen LogP contribution in [0.3, 0.4) is 0 Å². The Balaban J connectivity index is 2.34. The molecule has 1 aromatic carbocycles. The van der Waals surface area contributed by atoms with Crippen molar-refractivity contribution < 1.29 is 9.32 Å². The Morgan fingerprint density at radius 3 is 2.31 bits per heavy atom. The minimum absolute atomic E-state index is 0.148. The lowest BCUT2D eigenvalue weighted by Gasteiger charge is -2.02. The molecule has 2 aromatic rings. The van der Waals surface area contributed by atoms with E-state index in [1.807, 2.05) is 24.3 Å². The Hall–Kier alpha value is -1.68. The molecule has 0 aliphatic carbocycles. The summed E-state index contributed by atoms with van der Waals surface area (Å²) in [6.45, 7) is 0. The Kier molecular flexibility index (Phi) is 3.01. The highest BCUT2D eigenvalue weighted by Gasteiger charge is 2.01. The summed E-state index contributed by atoms with van der Waals surface area (Å²) in [4.78, 5) is 4.89. The van der Waals surface area contributed by atoms with Gasteiger partial charge in [0.1, 0.15) is 5.75 Å². The van der Waals surface area contributed by atoms with Crippen LogP contribution in [0.4, 0.5) is 0 Å². The monoisotopic (exact) mass is 233 g/mol. The van der Waals surface area contributed by atoms with Gasteiger partial charge < -0.3 is 5.11 Å². The van der Waals surface area contributed by atoms with Crippen LogP contribution in [-0.2, 0) is 10.8 Å². The summed E-state index contributed by atoms with van der Waals surface area (Å²) in [6.07, 6.45) is 3.05. The number of benzene rings is 1. The second kappa shape index (κ2) is 4.45. The highest BCUT2D eigenvalue weighted by molar-refractivity contribution is 7.84. The van der Waals surface area contributed by atoms with E-state index in [0.29, 0.717) is 0 Å². The van der Waals surface area contributed by atoms with Gasteiger partial charge in [-0.1, -0.05) is 12.1 Å². The van der Waals surface area contributed by atoms with Crippen molar-refractivity contribution in [3.05, 3.63) is 42.6 Å². The number of aromatic hydroxyl groups is 1. The predicted octanol–water partition coefficient (Wildman–Crippen LogP) is 2.19. The minimum atomic E-state index is -0.958. The van der Waals surface area contributed by atoms with Crippen molar-refractivity contribution in [1.82, 2.24) is 4.98 Å². The first-order valence-corrected chi connectivity index (χ1v) is 6.31. The largest absolute Gasteiger partial charge is 0.506 e. The highest BCUT2D eigenvalue weighted by Crippen LogP contribution is 2.20. The molecule has 4 heteroatoms. The average Bonchev–Trinajstić information content (AvgIpc) is 2.30. The van der Waals surface area contributed by atoms with E-state index in [0.717, 1.165) is 16.2 Å². The van der Waals surface area contributed by atoms with Gasteiger partial charge in [-0.05, 0) is 24.3 Å². The van der Waals surface area contributed by atoms with Crippen molar-refractivity contribution in [2.45, 2.75) is 4.90 Å². The number of rotatable bonds is 2. The zero-order valence-electron chi connectivity index (χ0n) is 8.75. The van der Waals surface area contributed by atoms with Gasteiger partial charge in [-0.15, -0.1) is 0 Å². The Morgan fingerprint density at radius 1 is 1.12 bits per heavy atom.